The van der Waals surface area contributed by atoms with E-state index in [2.05, 4.69) is 10.6 Å². The highest BCUT2D eigenvalue weighted by Gasteiger charge is 2.18. The van der Waals surface area contributed by atoms with Gasteiger partial charge in [0.05, 0.1) is 6.07 Å². The van der Waals surface area contributed by atoms with Gasteiger partial charge in [0.2, 0.25) is 5.91 Å². The smallest absolute Gasteiger partial charge is 0.251 e. The number of nitriles is 1. The second-order valence-corrected chi connectivity index (χ2v) is 5.02. The lowest BCUT2D eigenvalue weighted by atomic mass is 10.00. The number of carbonyl (C=O) groups excluding carboxylic acids is 2. The third-order valence-electron chi connectivity index (χ3n) is 3.51. The largest absolute Gasteiger partial charge is 0.348 e. The minimum Gasteiger partial charge on any atom is -0.348 e. The summed E-state index contributed by atoms with van der Waals surface area (Å²) in [6.07, 6.45) is -0.170. The van der Waals surface area contributed by atoms with Crippen LogP contribution in [0.2, 0.25) is 0 Å². The molecule has 5 heteroatoms. The molecule has 0 bridgehead atoms. The Morgan fingerprint density at radius 1 is 1.23 bits per heavy atom. The van der Waals surface area contributed by atoms with Crippen LogP contribution in [-0.4, -0.2) is 11.8 Å². The van der Waals surface area contributed by atoms with Crippen molar-refractivity contribution in [3.05, 3.63) is 53.6 Å². The molecule has 3 rings (SSSR count). The molecule has 1 heterocycles. The summed E-state index contributed by atoms with van der Waals surface area (Å²) in [4.78, 5) is 23.0. The third-order valence-corrected chi connectivity index (χ3v) is 3.51. The standard InChI is InChI=1S/C17H13N3O2/c18-7-6-16(21)20-14-3-1-2-11(9-14)12-4-5-15-13(8-12)10-19-17(15)22/h1-5,8-9H,6,10H2,(H,19,22)(H,20,21). The van der Waals surface area contributed by atoms with Gasteiger partial charge in [-0.15, -0.1) is 0 Å². The molecule has 1 aliphatic heterocycles. The Morgan fingerprint density at radius 2 is 2.05 bits per heavy atom. The molecule has 1 aliphatic rings. The number of rotatable bonds is 3. The van der Waals surface area contributed by atoms with Crippen LogP contribution in [0.1, 0.15) is 22.3 Å². The summed E-state index contributed by atoms with van der Waals surface area (Å²) in [6.45, 7) is 0.542. The topological polar surface area (TPSA) is 82.0 Å². The van der Waals surface area contributed by atoms with Crippen molar-refractivity contribution in [2.24, 2.45) is 0 Å². The fourth-order valence-electron chi connectivity index (χ4n) is 2.47. The number of benzene rings is 2. The van der Waals surface area contributed by atoms with Gasteiger partial charge in [0.1, 0.15) is 6.42 Å². The molecular weight excluding hydrogens is 278 g/mol. The summed E-state index contributed by atoms with van der Waals surface area (Å²) in [5.74, 6) is -0.373. The minimum absolute atomic E-state index is 0.0425. The van der Waals surface area contributed by atoms with Crippen molar-refractivity contribution in [2.45, 2.75) is 13.0 Å². The summed E-state index contributed by atoms with van der Waals surface area (Å²) in [6, 6.07) is 14.9. The zero-order valence-electron chi connectivity index (χ0n) is 11.7. The lowest BCUT2D eigenvalue weighted by Gasteiger charge is -2.07. The number of fused-ring (bicyclic) bond motifs is 1. The fraction of sp³-hybridized carbons (Fsp3) is 0.118. The number of amides is 2. The average Bonchev–Trinajstić information content (AvgIpc) is 2.89. The number of anilines is 1. The molecule has 108 valence electrons. The highest BCUT2D eigenvalue weighted by molar-refractivity contribution is 5.99. The molecule has 0 radical (unpaired) electrons. The Morgan fingerprint density at radius 3 is 2.86 bits per heavy atom. The van der Waals surface area contributed by atoms with Crippen LogP contribution in [0, 0.1) is 11.3 Å². The van der Waals surface area contributed by atoms with E-state index in [1.54, 1.807) is 6.07 Å². The van der Waals surface area contributed by atoms with E-state index in [1.165, 1.54) is 0 Å². The molecule has 2 N–H and O–H groups in total. The predicted molar refractivity (Wildman–Crippen MR) is 81.9 cm³/mol. The first-order valence-corrected chi connectivity index (χ1v) is 6.86. The summed E-state index contributed by atoms with van der Waals surface area (Å²) in [7, 11) is 0. The first kappa shape index (κ1) is 13.8. The van der Waals surface area contributed by atoms with Crippen molar-refractivity contribution in [3.63, 3.8) is 0 Å². The van der Waals surface area contributed by atoms with Gasteiger partial charge in [-0.1, -0.05) is 18.2 Å². The van der Waals surface area contributed by atoms with E-state index >= 15 is 0 Å². The number of nitrogens with one attached hydrogen (secondary N) is 2. The van der Waals surface area contributed by atoms with E-state index < -0.39 is 0 Å². The van der Waals surface area contributed by atoms with E-state index in [9.17, 15) is 9.59 Å². The van der Waals surface area contributed by atoms with Crippen LogP contribution in [0.4, 0.5) is 5.69 Å². The molecule has 0 spiro atoms. The van der Waals surface area contributed by atoms with Gasteiger partial charge in [0.15, 0.2) is 0 Å². The Balaban J connectivity index is 1.88. The van der Waals surface area contributed by atoms with Crippen molar-refractivity contribution in [3.8, 4) is 17.2 Å². The van der Waals surface area contributed by atoms with Gasteiger partial charge < -0.3 is 10.6 Å². The SMILES string of the molecule is N#CCC(=O)Nc1cccc(-c2ccc3c(c2)CNC3=O)c1. The highest BCUT2D eigenvalue weighted by atomic mass is 16.2. The average molecular weight is 291 g/mol. The number of nitrogens with zero attached hydrogens (tertiary/aromatic N) is 1. The maximum absolute atomic E-state index is 11.6. The lowest BCUT2D eigenvalue weighted by Crippen LogP contribution is -2.12. The van der Waals surface area contributed by atoms with Gasteiger partial charge >= 0.3 is 0 Å². The molecule has 2 aromatic rings. The van der Waals surface area contributed by atoms with E-state index in [0.717, 1.165) is 16.7 Å². The molecule has 0 saturated heterocycles. The summed E-state index contributed by atoms with van der Waals surface area (Å²) < 4.78 is 0. The van der Waals surface area contributed by atoms with Crippen molar-refractivity contribution < 1.29 is 9.59 Å². The van der Waals surface area contributed by atoms with E-state index in [0.29, 0.717) is 17.8 Å². The molecule has 22 heavy (non-hydrogen) atoms. The summed E-state index contributed by atoms with van der Waals surface area (Å²) >= 11 is 0. The van der Waals surface area contributed by atoms with Gasteiger partial charge in [-0.3, -0.25) is 9.59 Å². The molecule has 0 aliphatic carbocycles. The van der Waals surface area contributed by atoms with Crippen LogP contribution >= 0.6 is 0 Å². The minimum atomic E-state index is -0.330. The molecule has 0 fully saturated rings. The van der Waals surface area contributed by atoms with Gasteiger partial charge in [0.25, 0.3) is 5.91 Å². The second kappa shape index (κ2) is 5.70. The van der Waals surface area contributed by atoms with Crippen LogP contribution in [-0.2, 0) is 11.3 Å². The van der Waals surface area contributed by atoms with Gasteiger partial charge in [0, 0.05) is 17.8 Å². The molecule has 2 aromatic carbocycles. The van der Waals surface area contributed by atoms with E-state index in [4.69, 9.17) is 5.26 Å². The van der Waals surface area contributed by atoms with E-state index in [-0.39, 0.29) is 18.2 Å². The van der Waals surface area contributed by atoms with Crippen molar-refractivity contribution >= 4 is 17.5 Å². The Hall–Kier alpha value is -3.13. The quantitative estimate of drug-likeness (QED) is 0.911. The number of hydrogen-bond donors (Lipinski definition) is 2. The predicted octanol–water partition coefficient (Wildman–Crippen LogP) is 2.45. The maximum atomic E-state index is 11.6. The van der Waals surface area contributed by atoms with Crippen molar-refractivity contribution in [2.75, 3.05) is 5.32 Å². The van der Waals surface area contributed by atoms with Crippen molar-refractivity contribution in [1.29, 1.82) is 5.26 Å². The van der Waals surface area contributed by atoms with Crippen LogP contribution in [0.5, 0.6) is 0 Å². The Bertz CT molecular complexity index is 806. The zero-order chi connectivity index (χ0) is 15.5. The molecule has 0 atom stereocenters. The normalized spacial score (nSPS) is 12.2. The monoisotopic (exact) mass is 291 g/mol. The maximum Gasteiger partial charge on any atom is 0.251 e. The lowest BCUT2D eigenvalue weighted by molar-refractivity contribution is -0.115. The summed E-state index contributed by atoms with van der Waals surface area (Å²) in [5, 5.41) is 14.0. The number of hydrogen-bond acceptors (Lipinski definition) is 3. The van der Waals surface area contributed by atoms with Gasteiger partial charge in [-0.05, 0) is 41.0 Å². The van der Waals surface area contributed by atoms with Crippen LogP contribution < -0.4 is 10.6 Å². The molecule has 5 nitrogen and oxygen atoms in total. The number of carbonyl (C=O) groups is 2. The first-order valence-electron chi connectivity index (χ1n) is 6.86. The second-order valence-electron chi connectivity index (χ2n) is 5.02. The van der Waals surface area contributed by atoms with Crippen LogP contribution in [0.3, 0.4) is 0 Å². The molecule has 0 aromatic heterocycles. The molecule has 2 amide bonds. The van der Waals surface area contributed by atoms with Gasteiger partial charge in [-0.25, -0.2) is 0 Å². The van der Waals surface area contributed by atoms with Crippen LogP contribution in [0.25, 0.3) is 11.1 Å². The fourth-order valence-corrected chi connectivity index (χ4v) is 2.47. The summed E-state index contributed by atoms with van der Waals surface area (Å²) in [5.41, 5.74) is 4.25. The van der Waals surface area contributed by atoms with Crippen molar-refractivity contribution in [1.82, 2.24) is 5.32 Å². The molecule has 0 saturated carbocycles. The first-order chi connectivity index (χ1) is 10.7. The highest BCUT2D eigenvalue weighted by Crippen LogP contribution is 2.27. The van der Waals surface area contributed by atoms with Gasteiger partial charge in [-0.2, -0.15) is 5.26 Å². The Labute approximate surface area is 127 Å². The Kier molecular flexibility index (Phi) is 3.58. The molecular formula is C17H13N3O2. The third kappa shape index (κ3) is 2.67. The molecule has 0 unspecified atom stereocenters. The van der Waals surface area contributed by atoms with E-state index in [1.807, 2.05) is 42.5 Å². The zero-order valence-corrected chi connectivity index (χ0v) is 11.7. The van der Waals surface area contributed by atoms with Crippen LogP contribution in [0.15, 0.2) is 42.5 Å².